The van der Waals surface area contributed by atoms with Gasteiger partial charge in [-0.15, -0.1) is 0 Å². The van der Waals surface area contributed by atoms with Crippen LogP contribution in [0.5, 0.6) is 11.5 Å². The van der Waals surface area contributed by atoms with Gasteiger partial charge in [0.2, 0.25) is 5.89 Å². The number of aliphatic carboxylic acids is 1. The van der Waals surface area contributed by atoms with Crippen molar-refractivity contribution < 1.29 is 55.7 Å². The van der Waals surface area contributed by atoms with Crippen LogP contribution in [0.2, 0.25) is 0 Å². The van der Waals surface area contributed by atoms with Crippen molar-refractivity contribution in [3.63, 3.8) is 0 Å². The van der Waals surface area contributed by atoms with Crippen molar-refractivity contribution >= 4 is 18.0 Å². The van der Waals surface area contributed by atoms with Crippen LogP contribution in [0.25, 0.3) is 22.6 Å². The molecule has 0 fully saturated rings. The average Bonchev–Trinajstić information content (AvgIpc) is 3.49. The van der Waals surface area contributed by atoms with Crippen molar-refractivity contribution in [2.75, 3.05) is 6.61 Å². The number of carbonyl (C=O) groups is 3. The van der Waals surface area contributed by atoms with Gasteiger partial charge in [0.15, 0.2) is 23.0 Å². The number of nitrogens with zero attached hydrogens (tertiary/aromatic N) is 1. The van der Waals surface area contributed by atoms with E-state index in [1.807, 2.05) is 0 Å². The van der Waals surface area contributed by atoms with Crippen LogP contribution in [0, 0.1) is 11.6 Å². The number of carboxylic acids is 1. The summed E-state index contributed by atoms with van der Waals surface area (Å²) in [4.78, 5) is 41.4. The molecule has 272 valence electrons. The van der Waals surface area contributed by atoms with E-state index in [9.17, 15) is 31.9 Å². The van der Waals surface area contributed by atoms with Crippen LogP contribution in [0.3, 0.4) is 0 Å². The van der Waals surface area contributed by atoms with Gasteiger partial charge in [0.25, 0.3) is 5.91 Å². The van der Waals surface area contributed by atoms with Crippen LogP contribution < -0.4 is 20.1 Å². The van der Waals surface area contributed by atoms with Crippen molar-refractivity contribution in [2.45, 2.75) is 71.8 Å². The molecule has 51 heavy (non-hydrogen) atoms. The lowest BCUT2D eigenvalue weighted by Crippen LogP contribution is -2.34. The second-order valence-corrected chi connectivity index (χ2v) is 12.3. The van der Waals surface area contributed by atoms with Crippen molar-refractivity contribution in [3.05, 3.63) is 89.3 Å². The maximum absolute atomic E-state index is 14.3. The minimum atomic E-state index is -3.14. The summed E-state index contributed by atoms with van der Waals surface area (Å²) in [7, 11) is 0. The first-order valence-electron chi connectivity index (χ1n) is 15.9. The highest BCUT2D eigenvalue weighted by atomic mass is 19.3. The highest BCUT2D eigenvalue weighted by Gasteiger charge is 2.29. The van der Waals surface area contributed by atoms with Crippen LogP contribution in [0.15, 0.2) is 65.1 Å². The third-order valence-electron chi connectivity index (χ3n) is 7.12. The number of benzene rings is 3. The fourth-order valence-corrected chi connectivity index (χ4v) is 4.84. The molecule has 0 aliphatic heterocycles. The average molecular weight is 716 g/mol. The lowest BCUT2D eigenvalue weighted by molar-refractivity contribution is -0.137. The molecule has 3 aromatic carbocycles. The predicted molar refractivity (Wildman–Crippen MR) is 176 cm³/mol. The van der Waals surface area contributed by atoms with Gasteiger partial charge in [-0.25, -0.2) is 18.6 Å². The molecule has 0 radical (unpaired) electrons. The standard InChI is InChI=1S/C36H37F4N3O8/c1-20(42-35(47)51-36(2,3)4)31-30(32(46)41-19-22-12-14-23(37)18-26(22)38)43-33(50-31)25-10-6-5-9-24(25)21-13-15-27(49-34(39)40)28(17-21)48-16-8-7-11-29(44)45/h5-6,9-10,12-15,17-18,20,34H,7-8,11,16,19H2,1-4H3,(H,41,46)(H,42,47)(H,44,45). The third kappa shape index (κ3) is 10.9. The summed E-state index contributed by atoms with van der Waals surface area (Å²) in [6.45, 7) is 3.15. The minimum Gasteiger partial charge on any atom is -0.490 e. The highest BCUT2D eigenvalue weighted by molar-refractivity contribution is 5.94. The van der Waals surface area contributed by atoms with Crippen LogP contribution in [0.4, 0.5) is 22.4 Å². The number of ether oxygens (including phenoxy) is 3. The van der Waals surface area contributed by atoms with Gasteiger partial charge in [-0.05, 0) is 75.9 Å². The largest absolute Gasteiger partial charge is 0.490 e. The van der Waals surface area contributed by atoms with Crippen LogP contribution in [0.1, 0.15) is 74.8 Å². The summed E-state index contributed by atoms with van der Waals surface area (Å²) in [5.74, 6) is -3.77. The van der Waals surface area contributed by atoms with Gasteiger partial charge in [-0.2, -0.15) is 8.78 Å². The van der Waals surface area contributed by atoms with Gasteiger partial charge >= 0.3 is 18.7 Å². The number of carboxylic acid groups (broad SMARTS) is 1. The van der Waals surface area contributed by atoms with E-state index in [4.69, 9.17) is 19.0 Å². The summed E-state index contributed by atoms with van der Waals surface area (Å²) in [6, 6.07) is 13.0. The summed E-state index contributed by atoms with van der Waals surface area (Å²) >= 11 is 0. The molecule has 15 heteroatoms. The van der Waals surface area contributed by atoms with E-state index < -0.39 is 47.9 Å². The molecule has 4 rings (SSSR count). The molecule has 3 N–H and O–H groups in total. The van der Waals surface area contributed by atoms with Gasteiger partial charge in [0.05, 0.1) is 12.6 Å². The molecule has 1 atom stereocenters. The first kappa shape index (κ1) is 38.2. The van der Waals surface area contributed by atoms with Crippen LogP contribution in [-0.4, -0.2) is 46.9 Å². The van der Waals surface area contributed by atoms with Crippen molar-refractivity contribution in [3.8, 4) is 34.1 Å². The van der Waals surface area contributed by atoms with Gasteiger partial charge in [0, 0.05) is 30.2 Å². The summed E-state index contributed by atoms with van der Waals surface area (Å²) in [5, 5.41) is 14.0. The maximum Gasteiger partial charge on any atom is 0.408 e. The lowest BCUT2D eigenvalue weighted by atomic mass is 9.99. The summed E-state index contributed by atoms with van der Waals surface area (Å²) < 4.78 is 75.9. The molecule has 0 spiro atoms. The number of oxazole rings is 1. The summed E-state index contributed by atoms with van der Waals surface area (Å²) in [5.41, 5.74) is 0.257. The fourth-order valence-electron chi connectivity index (χ4n) is 4.84. The number of aromatic nitrogens is 1. The Morgan fingerprint density at radius 2 is 1.69 bits per heavy atom. The molecule has 0 saturated carbocycles. The first-order valence-corrected chi connectivity index (χ1v) is 15.9. The van der Waals surface area contributed by atoms with Gasteiger partial charge < -0.3 is 34.4 Å². The molecule has 1 unspecified atom stereocenters. The topological polar surface area (TPSA) is 149 Å². The smallest absolute Gasteiger partial charge is 0.408 e. The number of alkyl halides is 2. The number of rotatable bonds is 15. The molecule has 4 aromatic rings. The zero-order valence-electron chi connectivity index (χ0n) is 28.2. The number of hydrogen-bond acceptors (Lipinski definition) is 8. The van der Waals surface area contributed by atoms with Crippen LogP contribution in [-0.2, 0) is 16.1 Å². The number of amides is 2. The Labute approximate surface area is 290 Å². The highest BCUT2D eigenvalue weighted by Crippen LogP contribution is 2.39. The van der Waals surface area contributed by atoms with Crippen LogP contribution >= 0.6 is 0 Å². The number of halogens is 4. The fraction of sp³-hybridized carbons (Fsp3) is 0.333. The van der Waals surface area contributed by atoms with E-state index in [0.29, 0.717) is 35.6 Å². The number of hydrogen-bond donors (Lipinski definition) is 3. The molecule has 1 heterocycles. The monoisotopic (exact) mass is 715 g/mol. The number of alkyl carbamates (subject to hydrolysis) is 1. The van der Waals surface area contributed by atoms with Crippen molar-refractivity contribution in [1.82, 2.24) is 15.6 Å². The third-order valence-corrected chi connectivity index (χ3v) is 7.12. The molecule has 0 saturated heterocycles. The number of carbonyl (C=O) groups excluding carboxylic acids is 2. The Morgan fingerprint density at radius 3 is 2.35 bits per heavy atom. The Morgan fingerprint density at radius 1 is 0.961 bits per heavy atom. The number of unbranched alkanes of at least 4 members (excludes halogenated alkanes) is 1. The second-order valence-electron chi connectivity index (χ2n) is 12.3. The van der Waals surface area contributed by atoms with Crippen molar-refractivity contribution in [2.24, 2.45) is 0 Å². The Bertz CT molecular complexity index is 1860. The number of nitrogens with one attached hydrogen (secondary N) is 2. The van der Waals surface area contributed by atoms with Gasteiger partial charge in [-0.3, -0.25) is 9.59 Å². The quantitative estimate of drug-likeness (QED) is 0.0821. The summed E-state index contributed by atoms with van der Waals surface area (Å²) in [6.07, 6.45) is -0.223. The predicted octanol–water partition coefficient (Wildman–Crippen LogP) is 8.04. The van der Waals surface area contributed by atoms with E-state index in [-0.39, 0.29) is 54.0 Å². The molecule has 1 aromatic heterocycles. The van der Waals surface area contributed by atoms with E-state index in [0.717, 1.165) is 6.07 Å². The molecular weight excluding hydrogens is 678 g/mol. The van der Waals surface area contributed by atoms with Gasteiger partial charge in [-0.1, -0.05) is 30.3 Å². The molecule has 0 aliphatic carbocycles. The zero-order valence-corrected chi connectivity index (χ0v) is 28.2. The lowest BCUT2D eigenvalue weighted by Gasteiger charge is -2.21. The first-order chi connectivity index (χ1) is 24.1. The van der Waals surface area contributed by atoms with Gasteiger partial charge in [0.1, 0.15) is 17.2 Å². The maximum atomic E-state index is 14.3. The van der Waals surface area contributed by atoms with E-state index >= 15 is 0 Å². The molecule has 2 amide bonds. The molecule has 0 aliphatic rings. The van der Waals surface area contributed by atoms with E-state index in [1.54, 1.807) is 52.0 Å². The Balaban J connectivity index is 1.71. The van der Waals surface area contributed by atoms with E-state index in [2.05, 4.69) is 20.4 Å². The SMILES string of the molecule is CC(NC(=O)OC(C)(C)C)c1oc(-c2ccccc2-c2ccc(OC(F)F)c(OCCCCC(=O)O)c2)nc1C(=O)NCc1ccc(F)cc1F. The molecular formula is C36H37F4N3O8. The Kier molecular flexibility index (Phi) is 12.6. The molecule has 11 nitrogen and oxygen atoms in total. The second kappa shape index (κ2) is 16.9. The van der Waals surface area contributed by atoms with E-state index in [1.165, 1.54) is 24.3 Å². The van der Waals surface area contributed by atoms with Crippen molar-refractivity contribution in [1.29, 1.82) is 0 Å². The zero-order chi connectivity index (χ0) is 37.3. The normalized spacial score (nSPS) is 11.9. The Hall–Kier alpha value is -5.60. The molecule has 0 bridgehead atoms. The minimum absolute atomic E-state index is 0.0134.